The molecule has 0 N–H and O–H groups in total. The molecule has 6 nitrogen and oxygen atoms in total. The Morgan fingerprint density at radius 1 is 0.970 bits per heavy atom. The second-order valence-corrected chi connectivity index (χ2v) is 8.31. The van der Waals surface area contributed by atoms with E-state index in [0.29, 0.717) is 23.3 Å². The van der Waals surface area contributed by atoms with Crippen LogP contribution in [0.5, 0.6) is 5.75 Å². The van der Waals surface area contributed by atoms with Gasteiger partial charge in [-0.3, -0.25) is 4.79 Å². The molecule has 1 aromatic heterocycles. The molecule has 5 rings (SSSR count). The molecule has 1 saturated heterocycles. The molecular weight excluding hydrogens is 414 g/mol. The molecule has 0 radical (unpaired) electrons. The van der Waals surface area contributed by atoms with Gasteiger partial charge in [-0.1, -0.05) is 30.3 Å². The molecule has 0 aliphatic carbocycles. The zero-order valence-electron chi connectivity index (χ0n) is 18.7. The standard InChI is InChI=1S/C27H25N3O3/c1-18-5-3-4-6-24(18)26-29-28-25(33-26)20-7-9-21(10-8-20)27(31)30-16-15-22(17-30)19-11-13-23(32-2)14-12-19/h3-14,22H,15-17H2,1-2H3. The Bertz CT molecular complexity index is 1260. The quantitative estimate of drug-likeness (QED) is 0.419. The van der Waals surface area contributed by atoms with Crippen LogP contribution in [0.2, 0.25) is 0 Å². The predicted molar refractivity (Wildman–Crippen MR) is 126 cm³/mol. The zero-order valence-corrected chi connectivity index (χ0v) is 18.7. The molecule has 166 valence electrons. The number of aryl methyl sites for hydroxylation is 1. The molecule has 1 aliphatic rings. The third-order valence-electron chi connectivity index (χ3n) is 6.24. The van der Waals surface area contributed by atoms with Crippen LogP contribution >= 0.6 is 0 Å². The highest BCUT2D eigenvalue weighted by atomic mass is 16.5. The third kappa shape index (κ3) is 4.24. The first-order valence-corrected chi connectivity index (χ1v) is 11.1. The van der Waals surface area contributed by atoms with E-state index in [1.165, 1.54) is 5.56 Å². The van der Waals surface area contributed by atoms with Gasteiger partial charge in [0.15, 0.2) is 0 Å². The highest BCUT2D eigenvalue weighted by Gasteiger charge is 2.28. The number of carbonyl (C=O) groups is 1. The van der Waals surface area contributed by atoms with Gasteiger partial charge in [-0.25, -0.2) is 0 Å². The Balaban J connectivity index is 1.27. The molecule has 2 heterocycles. The van der Waals surface area contributed by atoms with Crippen molar-refractivity contribution in [2.24, 2.45) is 0 Å². The average Bonchev–Trinajstić information content (AvgIpc) is 3.55. The molecule has 0 bridgehead atoms. The summed E-state index contributed by atoms with van der Waals surface area (Å²) >= 11 is 0. The lowest BCUT2D eigenvalue weighted by Crippen LogP contribution is -2.28. The summed E-state index contributed by atoms with van der Waals surface area (Å²) in [7, 11) is 1.66. The molecule has 4 aromatic rings. The largest absolute Gasteiger partial charge is 0.497 e. The van der Waals surface area contributed by atoms with Crippen LogP contribution < -0.4 is 4.74 Å². The number of aromatic nitrogens is 2. The Morgan fingerprint density at radius 2 is 1.70 bits per heavy atom. The van der Waals surface area contributed by atoms with Gasteiger partial charge in [-0.15, -0.1) is 10.2 Å². The van der Waals surface area contributed by atoms with Crippen molar-refractivity contribution in [3.63, 3.8) is 0 Å². The maximum Gasteiger partial charge on any atom is 0.253 e. The van der Waals surface area contributed by atoms with Crippen molar-refractivity contribution in [2.75, 3.05) is 20.2 Å². The van der Waals surface area contributed by atoms with Crippen LogP contribution in [0.3, 0.4) is 0 Å². The van der Waals surface area contributed by atoms with Crippen molar-refractivity contribution in [3.05, 3.63) is 89.5 Å². The van der Waals surface area contributed by atoms with Gasteiger partial charge in [-0.05, 0) is 66.9 Å². The maximum absolute atomic E-state index is 13.1. The van der Waals surface area contributed by atoms with E-state index in [1.807, 2.05) is 72.5 Å². The van der Waals surface area contributed by atoms with Crippen molar-refractivity contribution in [1.29, 1.82) is 0 Å². The van der Waals surface area contributed by atoms with Gasteiger partial charge in [0.05, 0.1) is 7.11 Å². The maximum atomic E-state index is 13.1. The lowest BCUT2D eigenvalue weighted by molar-refractivity contribution is 0.0791. The van der Waals surface area contributed by atoms with Gasteiger partial charge in [0, 0.05) is 35.7 Å². The summed E-state index contributed by atoms with van der Waals surface area (Å²) in [5.41, 5.74) is 4.68. The van der Waals surface area contributed by atoms with Crippen LogP contribution in [-0.2, 0) is 0 Å². The highest BCUT2D eigenvalue weighted by molar-refractivity contribution is 5.94. The van der Waals surface area contributed by atoms with Crippen LogP contribution in [0.15, 0.2) is 77.2 Å². The summed E-state index contributed by atoms with van der Waals surface area (Å²) in [6, 6.07) is 23.4. The fraction of sp³-hybridized carbons (Fsp3) is 0.222. The summed E-state index contributed by atoms with van der Waals surface area (Å²) in [5, 5.41) is 8.38. The second-order valence-electron chi connectivity index (χ2n) is 8.31. The van der Waals surface area contributed by atoms with Gasteiger partial charge in [-0.2, -0.15) is 0 Å². The number of carbonyl (C=O) groups excluding carboxylic acids is 1. The molecular formula is C27H25N3O3. The molecule has 1 unspecified atom stereocenters. The van der Waals surface area contributed by atoms with Crippen molar-refractivity contribution in [1.82, 2.24) is 15.1 Å². The van der Waals surface area contributed by atoms with Crippen LogP contribution in [0.4, 0.5) is 0 Å². The summed E-state index contributed by atoms with van der Waals surface area (Å²) in [5.74, 6) is 2.16. The zero-order chi connectivity index (χ0) is 22.8. The van der Waals surface area contributed by atoms with Crippen LogP contribution in [0.25, 0.3) is 22.9 Å². The Hall–Kier alpha value is -3.93. The fourth-order valence-corrected chi connectivity index (χ4v) is 4.29. The molecule has 1 amide bonds. The van der Waals surface area contributed by atoms with Gasteiger partial charge >= 0.3 is 0 Å². The Morgan fingerprint density at radius 3 is 2.42 bits per heavy atom. The molecule has 0 saturated carbocycles. The summed E-state index contributed by atoms with van der Waals surface area (Å²) in [4.78, 5) is 15.0. The summed E-state index contributed by atoms with van der Waals surface area (Å²) < 4.78 is 11.1. The first-order chi connectivity index (χ1) is 16.1. The van der Waals surface area contributed by atoms with Crippen LogP contribution in [-0.4, -0.2) is 41.2 Å². The van der Waals surface area contributed by atoms with E-state index in [-0.39, 0.29) is 5.91 Å². The normalized spacial score (nSPS) is 15.6. The number of amides is 1. The van der Waals surface area contributed by atoms with Crippen molar-refractivity contribution in [3.8, 4) is 28.7 Å². The summed E-state index contributed by atoms with van der Waals surface area (Å²) in [6.07, 6.45) is 0.958. The second kappa shape index (κ2) is 8.90. The van der Waals surface area contributed by atoms with E-state index in [4.69, 9.17) is 9.15 Å². The number of rotatable bonds is 5. The minimum Gasteiger partial charge on any atom is -0.497 e. The van der Waals surface area contributed by atoms with Gasteiger partial charge < -0.3 is 14.1 Å². The number of hydrogen-bond acceptors (Lipinski definition) is 5. The average molecular weight is 440 g/mol. The molecule has 6 heteroatoms. The summed E-state index contributed by atoms with van der Waals surface area (Å²) in [6.45, 7) is 3.48. The number of benzene rings is 3. The Labute approximate surface area is 192 Å². The van der Waals surface area contributed by atoms with Crippen LogP contribution in [0, 0.1) is 6.92 Å². The number of methoxy groups -OCH3 is 1. The van der Waals surface area contributed by atoms with Crippen molar-refractivity contribution < 1.29 is 13.9 Å². The number of hydrogen-bond donors (Lipinski definition) is 0. The van der Waals surface area contributed by atoms with E-state index in [9.17, 15) is 4.79 Å². The van der Waals surface area contributed by atoms with Gasteiger partial charge in [0.25, 0.3) is 5.91 Å². The van der Waals surface area contributed by atoms with E-state index >= 15 is 0 Å². The minimum atomic E-state index is 0.0451. The molecule has 3 aromatic carbocycles. The fourth-order valence-electron chi connectivity index (χ4n) is 4.29. The van der Waals surface area contributed by atoms with E-state index in [1.54, 1.807) is 7.11 Å². The predicted octanol–water partition coefficient (Wildman–Crippen LogP) is 5.35. The first-order valence-electron chi connectivity index (χ1n) is 11.1. The highest BCUT2D eigenvalue weighted by Crippen LogP contribution is 2.30. The van der Waals surface area contributed by atoms with Gasteiger partial charge in [0.1, 0.15) is 5.75 Å². The number of likely N-dealkylation sites (tertiary alicyclic amines) is 1. The lowest BCUT2D eigenvalue weighted by Gasteiger charge is -2.17. The van der Waals surface area contributed by atoms with Gasteiger partial charge in [0.2, 0.25) is 11.8 Å². The van der Waals surface area contributed by atoms with Crippen molar-refractivity contribution in [2.45, 2.75) is 19.3 Å². The smallest absolute Gasteiger partial charge is 0.253 e. The molecule has 1 fully saturated rings. The third-order valence-corrected chi connectivity index (χ3v) is 6.24. The van der Waals surface area contributed by atoms with E-state index in [2.05, 4.69) is 22.3 Å². The molecule has 0 spiro atoms. The molecule has 1 atom stereocenters. The minimum absolute atomic E-state index is 0.0451. The number of ether oxygens (including phenoxy) is 1. The first kappa shape index (κ1) is 20.9. The molecule has 1 aliphatic heterocycles. The molecule has 33 heavy (non-hydrogen) atoms. The lowest BCUT2D eigenvalue weighted by atomic mass is 9.98. The number of nitrogens with zero attached hydrogens (tertiary/aromatic N) is 3. The van der Waals surface area contributed by atoms with Crippen molar-refractivity contribution >= 4 is 5.91 Å². The monoisotopic (exact) mass is 439 g/mol. The topological polar surface area (TPSA) is 68.5 Å². The van der Waals surface area contributed by atoms with E-state index < -0.39 is 0 Å². The SMILES string of the molecule is COc1ccc(C2CCN(C(=O)c3ccc(-c4nnc(-c5ccccc5C)o4)cc3)C2)cc1. The Kier molecular flexibility index (Phi) is 5.65. The van der Waals surface area contributed by atoms with E-state index in [0.717, 1.165) is 42.0 Å². The van der Waals surface area contributed by atoms with Crippen LogP contribution in [0.1, 0.15) is 33.8 Å².